The minimum absolute atomic E-state index is 0. The molecule has 1 aliphatic carbocycles. The summed E-state index contributed by atoms with van der Waals surface area (Å²) in [5.74, 6) is 0.208. The van der Waals surface area contributed by atoms with Crippen molar-refractivity contribution >= 4 is 0 Å². The molecule has 0 bridgehead atoms. The molecule has 0 unspecified atom stereocenters. The fourth-order valence-electron chi connectivity index (χ4n) is 4.65. The van der Waals surface area contributed by atoms with E-state index in [1.165, 1.54) is 11.1 Å². The minimum atomic E-state index is -0.763. The van der Waals surface area contributed by atoms with Gasteiger partial charge in [-0.1, -0.05) is 61.5 Å². The first-order valence-corrected chi connectivity index (χ1v) is 9.04. The molecule has 0 radical (unpaired) electrons. The van der Waals surface area contributed by atoms with Gasteiger partial charge in [0.15, 0.2) is 0 Å². The van der Waals surface area contributed by atoms with Crippen molar-refractivity contribution in [2.45, 2.75) is 37.8 Å². The molecule has 0 saturated heterocycles. The Bertz CT molecular complexity index is 695. The van der Waals surface area contributed by atoms with Gasteiger partial charge in [-0.05, 0) is 30.4 Å². The third-order valence-electron chi connectivity index (χ3n) is 5.72. The van der Waals surface area contributed by atoms with Crippen LogP contribution in [0.1, 0.15) is 42.5 Å². The van der Waals surface area contributed by atoms with Crippen molar-refractivity contribution in [1.82, 2.24) is 0 Å². The molecule has 0 aliphatic heterocycles. The first-order chi connectivity index (χ1) is 11.4. The molecule has 0 spiro atoms. The summed E-state index contributed by atoms with van der Waals surface area (Å²) in [6.07, 6.45) is 2.82. The molecule has 25 heavy (non-hydrogen) atoms. The second-order valence-electron chi connectivity index (χ2n) is 8.05. The van der Waals surface area contributed by atoms with Gasteiger partial charge in [0.2, 0.25) is 0 Å². The second-order valence-corrected chi connectivity index (χ2v) is 8.05. The van der Waals surface area contributed by atoms with Crippen LogP contribution in [0.5, 0.6) is 0 Å². The summed E-state index contributed by atoms with van der Waals surface area (Å²) in [7, 11) is 6.73. The summed E-state index contributed by atoms with van der Waals surface area (Å²) < 4.78 is 0.819. The number of quaternary nitrogens is 1. The van der Waals surface area contributed by atoms with Crippen LogP contribution < -0.4 is 24.0 Å². The Morgan fingerprint density at radius 2 is 1.64 bits per heavy atom. The molecule has 3 atom stereocenters. The molecule has 0 aromatic heterocycles. The topological polar surface area (TPSA) is 20.2 Å². The zero-order chi connectivity index (χ0) is 17.4. The number of nitrogens with zero attached hydrogens (tertiary/aromatic N) is 1. The highest BCUT2D eigenvalue weighted by atomic mass is 127. The Morgan fingerprint density at radius 3 is 2.24 bits per heavy atom. The lowest BCUT2D eigenvalue weighted by molar-refractivity contribution is -0.908. The summed E-state index contributed by atoms with van der Waals surface area (Å²) >= 11 is 0. The second kappa shape index (κ2) is 7.77. The number of aliphatic hydroxyl groups is 1. The van der Waals surface area contributed by atoms with Gasteiger partial charge in [-0.2, -0.15) is 0 Å². The maximum absolute atomic E-state index is 11.8. The number of benzene rings is 2. The highest BCUT2D eigenvalue weighted by Gasteiger charge is 2.49. The van der Waals surface area contributed by atoms with Gasteiger partial charge in [-0.3, -0.25) is 0 Å². The molecular formula is C22H30INO. The van der Waals surface area contributed by atoms with E-state index in [2.05, 4.69) is 82.7 Å². The number of aryl methyl sites for hydroxylation is 1. The van der Waals surface area contributed by atoms with E-state index in [4.69, 9.17) is 0 Å². The van der Waals surface area contributed by atoms with Crippen LogP contribution in [0.15, 0.2) is 54.6 Å². The summed E-state index contributed by atoms with van der Waals surface area (Å²) in [5.41, 5.74) is 3.01. The number of hydrogen-bond donors (Lipinski definition) is 1. The lowest BCUT2D eigenvalue weighted by atomic mass is 9.65. The van der Waals surface area contributed by atoms with Crippen molar-refractivity contribution < 1.29 is 33.6 Å². The average Bonchev–Trinajstić information content (AvgIpc) is 2.57. The molecule has 1 N–H and O–H groups in total. The van der Waals surface area contributed by atoms with Crippen molar-refractivity contribution in [3.05, 3.63) is 71.3 Å². The Hall–Kier alpha value is -0.910. The van der Waals surface area contributed by atoms with E-state index in [-0.39, 0.29) is 35.9 Å². The summed E-state index contributed by atoms with van der Waals surface area (Å²) in [6.45, 7) is 2.12. The van der Waals surface area contributed by atoms with Gasteiger partial charge < -0.3 is 33.6 Å². The summed E-state index contributed by atoms with van der Waals surface area (Å²) in [4.78, 5) is 0. The molecule has 0 amide bonds. The molecule has 0 saturated carbocycles. The molecule has 2 nitrogen and oxygen atoms in total. The van der Waals surface area contributed by atoms with Crippen molar-refractivity contribution in [3.63, 3.8) is 0 Å². The van der Waals surface area contributed by atoms with Crippen LogP contribution in [-0.2, 0) is 12.0 Å². The van der Waals surface area contributed by atoms with E-state index in [1.54, 1.807) is 0 Å². The van der Waals surface area contributed by atoms with Gasteiger partial charge in [-0.25, -0.2) is 0 Å². The predicted molar refractivity (Wildman–Crippen MR) is 99.7 cm³/mol. The first kappa shape index (κ1) is 20.4. The maximum Gasteiger partial charge on any atom is 0.120 e. The van der Waals surface area contributed by atoms with Gasteiger partial charge in [0.25, 0.3) is 0 Å². The Balaban J connectivity index is 0.00000225. The lowest BCUT2D eigenvalue weighted by Crippen LogP contribution is -3.00. The van der Waals surface area contributed by atoms with Gasteiger partial charge in [0.05, 0.1) is 26.7 Å². The highest BCUT2D eigenvalue weighted by Crippen LogP contribution is 2.50. The zero-order valence-corrected chi connectivity index (χ0v) is 17.9. The Morgan fingerprint density at radius 1 is 1.04 bits per heavy atom. The predicted octanol–water partition coefficient (Wildman–Crippen LogP) is 1.30. The van der Waals surface area contributed by atoms with E-state index in [1.807, 2.05) is 0 Å². The molecule has 1 aliphatic rings. The lowest BCUT2D eigenvalue weighted by Gasteiger charge is -2.49. The SMILES string of the molecule is CC[C@]1(O)c2ccccc2CC[C@H]1[C@H](c1ccccc1)[N+](C)(C)C.[I-]. The van der Waals surface area contributed by atoms with Crippen molar-refractivity contribution in [2.24, 2.45) is 5.92 Å². The number of rotatable bonds is 4. The van der Waals surface area contributed by atoms with Crippen molar-refractivity contribution in [1.29, 1.82) is 0 Å². The van der Waals surface area contributed by atoms with Crippen LogP contribution in [0, 0.1) is 5.92 Å². The fourth-order valence-corrected chi connectivity index (χ4v) is 4.65. The van der Waals surface area contributed by atoms with Crippen molar-refractivity contribution in [3.8, 4) is 0 Å². The molecule has 0 fully saturated rings. The highest BCUT2D eigenvalue weighted by molar-refractivity contribution is 5.37. The van der Waals surface area contributed by atoms with Gasteiger partial charge >= 0.3 is 0 Å². The monoisotopic (exact) mass is 451 g/mol. The Kier molecular flexibility index (Phi) is 6.34. The molecule has 3 rings (SSSR count). The molecular weight excluding hydrogens is 421 g/mol. The Labute approximate surface area is 169 Å². The normalized spacial score (nSPS) is 24.1. The van der Waals surface area contributed by atoms with Gasteiger partial charge in [0, 0.05) is 11.5 Å². The van der Waals surface area contributed by atoms with Crippen LogP contribution in [0.3, 0.4) is 0 Å². The number of hydrogen-bond acceptors (Lipinski definition) is 1. The van der Waals surface area contributed by atoms with Crippen LogP contribution in [0.25, 0.3) is 0 Å². The zero-order valence-electron chi connectivity index (χ0n) is 15.7. The number of halogens is 1. The van der Waals surface area contributed by atoms with Crippen LogP contribution in [-0.4, -0.2) is 30.7 Å². The quantitative estimate of drug-likeness (QED) is 0.549. The first-order valence-electron chi connectivity index (χ1n) is 9.04. The van der Waals surface area contributed by atoms with E-state index in [0.717, 1.165) is 29.3 Å². The standard InChI is InChI=1S/C22H30NO.HI/c1-5-22(24)19-14-10-9-11-17(19)15-16-20(22)21(23(2,3)4)18-12-7-6-8-13-18;/h6-14,20-21,24H,5,15-16H2,1-4H3;1H/q+1;/p-1/t20-,21-,22-;/m0./s1. The van der Waals surface area contributed by atoms with E-state index in [9.17, 15) is 5.11 Å². The fraction of sp³-hybridized carbons (Fsp3) is 0.455. The summed E-state index contributed by atoms with van der Waals surface area (Å²) in [6, 6.07) is 19.4. The van der Waals surface area contributed by atoms with Crippen LogP contribution >= 0.6 is 0 Å². The van der Waals surface area contributed by atoms with Crippen LogP contribution in [0.2, 0.25) is 0 Å². The van der Waals surface area contributed by atoms with Gasteiger partial charge in [-0.15, -0.1) is 0 Å². The third kappa shape index (κ3) is 3.79. The third-order valence-corrected chi connectivity index (χ3v) is 5.72. The average molecular weight is 451 g/mol. The smallest absolute Gasteiger partial charge is 0.120 e. The minimum Gasteiger partial charge on any atom is -1.00 e. The summed E-state index contributed by atoms with van der Waals surface area (Å²) in [5, 5.41) is 11.8. The molecule has 2 aromatic carbocycles. The van der Waals surface area contributed by atoms with Crippen molar-refractivity contribution in [2.75, 3.05) is 21.1 Å². The van der Waals surface area contributed by atoms with E-state index in [0.29, 0.717) is 0 Å². The molecule has 2 aromatic rings. The van der Waals surface area contributed by atoms with E-state index < -0.39 is 5.60 Å². The molecule has 136 valence electrons. The van der Waals surface area contributed by atoms with Crippen LogP contribution in [0.4, 0.5) is 0 Å². The van der Waals surface area contributed by atoms with Gasteiger partial charge in [0.1, 0.15) is 6.04 Å². The largest absolute Gasteiger partial charge is 1.00 e. The molecule has 3 heteroatoms. The number of fused-ring (bicyclic) bond motifs is 1. The maximum atomic E-state index is 11.8. The molecule has 0 heterocycles. The van der Waals surface area contributed by atoms with E-state index >= 15 is 0 Å².